The highest BCUT2D eigenvalue weighted by Gasteiger charge is 2.33. The lowest BCUT2D eigenvalue weighted by atomic mass is 9.89. The van der Waals surface area contributed by atoms with Crippen LogP contribution in [0.5, 0.6) is 0 Å². The summed E-state index contributed by atoms with van der Waals surface area (Å²) in [5.74, 6) is 0.750. The van der Waals surface area contributed by atoms with E-state index in [0.717, 1.165) is 57.2 Å². The van der Waals surface area contributed by atoms with Gasteiger partial charge in [0.05, 0.1) is 0 Å². The molecule has 2 aliphatic rings. The maximum Gasteiger partial charge on any atom is 0.315 e. The summed E-state index contributed by atoms with van der Waals surface area (Å²) in [6.45, 7) is 3.42. The van der Waals surface area contributed by atoms with Gasteiger partial charge in [0.15, 0.2) is 0 Å². The van der Waals surface area contributed by atoms with Gasteiger partial charge in [-0.3, -0.25) is 9.59 Å². The third kappa shape index (κ3) is 7.40. The zero-order valence-corrected chi connectivity index (χ0v) is 19.7. The second kappa shape index (κ2) is 12.1. The van der Waals surface area contributed by atoms with E-state index in [9.17, 15) is 14.4 Å². The van der Waals surface area contributed by atoms with E-state index in [2.05, 4.69) is 10.6 Å². The van der Waals surface area contributed by atoms with Crippen molar-refractivity contribution in [3.05, 3.63) is 34.9 Å². The summed E-state index contributed by atoms with van der Waals surface area (Å²) in [5, 5.41) is 6.44. The molecule has 2 heterocycles. The van der Waals surface area contributed by atoms with Crippen molar-refractivity contribution in [3.8, 4) is 0 Å². The number of piperidine rings is 2. The molecule has 2 aliphatic heterocycles. The van der Waals surface area contributed by atoms with Gasteiger partial charge in [0, 0.05) is 57.1 Å². The second-order valence-electron chi connectivity index (χ2n) is 9.01. The molecule has 3 rings (SSSR count). The molecular formula is C24H35ClN4O3. The van der Waals surface area contributed by atoms with Crippen molar-refractivity contribution in [3.63, 3.8) is 0 Å². The Morgan fingerprint density at radius 2 is 1.75 bits per heavy atom. The molecule has 7 nitrogen and oxygen atoms in total. The number of urea groups is 1. The van der Waals surface area contributed by atoms with Crippen LogP contribution in [-0.2, 0) is 16.1 Å². The Morgan fingerprint density at radius 1 is 1.03 bits per heavy atom. The number of hydrogen-bond donors (Lipinski definition) is 2. The minimum absolute atomic E-state index is 0.0803. The quantitative estimate of drug-likeness (QED) is 0.581. The minimum Gasteiger partial charge on any atom is -0.346 e. The predicted molar refractivity (Wildman–Crippen MR) is 125 cm³/mol. The number of rotatable bonds is 8. The molecule has 0 spiro atoms. The highest BCUT2D eigenvalue weighted by atomic mass is 35.5. The molecule has 0 radical (unpaired) electrons. The SMILES string of the molecule is CN1CCC(C(=O)N2CCC(CCCCNC(=O)NCc3ccc(Cl)cc3)CC2)CC1=O. The number of nitrogens with zero attached hydrogens (tertiary/aromatic N) is 2. The molecule has 1 aromatic rings. The van der Waals surface area contributed by atoms with Crippen LogP contribution in [0.3, 0.4) is 0 Å². The van der Waals surface area contributed by atoms with Crippen molar-refractivity contribution in [1.29, 1.82) is 0 Å². The zero-order valence-electron chi connectivity index (χ0n) is 18.9. The molecule has 2 fully saturated rings. The van der Waals surface area contributed by atoms with Crippen LogP contribution < -0.4 is 10.6 Å². The van der Waals surface area contributed by atoms with Crippen molar-refractivity contribution in [2.24, 2.45) is 11.8 Å². The fraction of sp³-hybridized carbons (Fsp3) is 0.625. The molecular weight excluding hydrogens is 428 g/mol. The van der Waals surface area contributed by atoms with Gasteiger partial charge in [0.1, 0.15) is 0 Å². The topological polar surface area (TPSA) is 81.8 Å². The summed E-state index contributed by atoms with van der Waals surface area (Å²) >= 11 is 5.86. The predicted octanol–water partition coefficient (Wildman–Crippen LogP) is 3.42. The second-order valence-corrected chi connectivity index (χ2v) is 9.44. The molecule has 1 aromatic carbocycles. The molecule has 0 aromatic heterocycles. The van der Waals surface area contributed by atoms with Crippen molar-refractivity contribution < 1.29 is 14.4 Å². The van der Waals surface area contributed by atoms with Gasteiger partial charge in [-0.1, -0.05) is 36.6 Å². The highest BCUT2D eigenvalue weighted by molar-refractivity contribution is 6.30. The lowest BCUT2D eigenvalue weighted by molar-refractivity contribution is -0.145. The van der Waals surface area contributed by atoms with Gasteiger partial charge >= 0.3 is 6.03 Å². The Kier molecular flexibility index (Phi) is 9.21. The van der Waals surface area contributed by atoms with Gasteiger partial charge in [-0.15, -0.1) is 0 Å². The molecule has 0 aliphatic carbocycles. The Morgan fingerprint density at radius 3 is 2.44 bits per heavy atom. The highest BCUT2D eigenvalue weighted by Crippen LogP contribution is 2.26. The summed E-state index contributed by atoms with van der Waals surface area (Å²) in [6, 6.07) is 7.27. The number of nitrogens with one attached hydrogen (secondary N) is 2. The first-order chi connectivity index (χ1) is 15.4. The average molecular weight is 463 g/mol. The lowest BCUT2D eigenvalue weighted by Gasteiger charge is -2.36. The van der Waals surface area contributed by atoms with E-state index in [0.29, 0.717) is 37.0 Å². The van der Waals surface area contributed by atoms with Crippen LogP contribution in [0.4, 0.5) is 4.79 Å². The van der Waals surface area contributed by atoms with E-state index in [4.69, 9.17) is 11.6 Å². The summed E-state index contributed by atoms with van der Waals surface area (Å²) < 4.78 is 0. The van der Waals surface area contributed by atoms with Crippen molar-refractivity contribution in [2.45, 2.75) is 51.5 Å². The van der Waals surface area contributed by atoms with Crippen molar-refractivity contribution in [2.75, 3.05) is 33.2 Å². The number of likely N-dealkylation sites (tertiary alicyclic amines) is 2. The molecule has 8 heteroatoms. The summed E-state index contributed by atoms with van der Waals surface area (Å²) in [6.07, 6.45) is 6.34. The van der Waals surface area contributed by atoms with E-state index in [-0.39, 0.29) is 23.8 Å². The molecule has 2 saturated heterocycles. The van der Waals surface area contributed by atoms with Gasteiger partial charge in [-0.25, -0.2) is 4.79 Å². The molecule has 0 saturated carbocycles. The summed E-state index contributed by atoms with van der Waals surface area (Å²) in [5.41, 5.74) is 1.01. The first kappa shape index (κ1) is 24.4. The first-order valence-corrected chi connectivity index (χ1v) is 12.1. The molecule has 4 amide bonds. The molecule has 176 valence electrons. The third-order valence-corrected chi connectivity index (χ3v) is 6.88. The van der Waals surface area contributed by atoms with Crippen LogP contribution in [0.25, 0.3) is 0 Å². The molecule has 1 unspecified atom stereocenters. The zero-order chi connectivity index (χ0) is 22.9. The van der Waals surface area contributed by atoms with Crippen molar-refractivity contribution in [1.82, 2.24) is 20.4 Å². The summed E-state index contributed by atoms with van der Waals surface area (Å²) in [4.78, 5) is 40.2. The van der Waals surface area contributed by atoms with Crippen LogP contribution >= 0.6 is 11.6 Å². The number of amides is 4. The van der Waals surface area contributed by atoms with E-state index >= 15 is 0 Å². The molecule has 2 N–H and O–H groups in total. The van der Waals surface area contributed by atoms with Crippen LogP contribution in [-0.4, -0.2) is 60.9 Å². The van der Waals surface area contributed by atoms with Gasteiger partial charge in [0.2, 0.25) is 11.8 Å². The van der Waals surface area contributed by atoms with Gasteiger partial charge in [-0.2, -0.15) is 0 Å². The number of carbonyl (C=O) groups is 3. The minimum atomic E-state index is -0.154. The first-order valence-electron chi connectivity index (χ1n) is 11.7. The van der Waals surface area contributed by atoms with E-state index in [1.165, 1.54) is 0 Å². The van der Waals surface area contributed by atoms with Gasteiger partial charge in [0.25, 0.3) is 0 Å². The standard InChI is InChI=1S/C24H35ClN4O3/c1-28-13-11-20(16-22(28)30)23(31)29-14-9-18(10-15-29)4-2-3-12-26-24(32)27-17-19-5-7-21(25)8-6-19/h5-8,18,20H,2-4,9-17H2,1H3,(H2,26,27,32). The Labute approximate surface area is 195 Å². The van der Waals surface area contributed by atoms with E-state index in [1.54, 1.807) is 11.9 Å². The number of unbranched alkanes of at least 4 members (excludes halogenated alkanes) is 1. The van der Waals surface area contributed by atoms with Crippen LogP contribution in [0.15, 0.2) is 24.3 Å². The number of hydrogen-bond acceptors (Lipinski definition) is 3. The third-order valence-electron chi connectivity index (χ3n) is 6.63. The number of carbonyl (C=O) groups excluding carboxylic acids is 3. The lowest BCUT2D eigenvalue weighted by Crippen LogP contribution is -2.46. The molecule has 1 atom stereocenters. The normalized spacial score (nSPS) is 19.7. The van der Waals surface area contributed by atoms with E-state index in [1.807, 2.05) is 29.2 Å². The number of benzene rings is 1. The smallest absolute Gasteiger partial charge is 0.315 e. The van der Waals surface area contributed by atoms with Crippen LogP contribution in [0, 0.1) is 11.8 Å². The Balaban J connectivity index is 1.23. The van der Waals surface area contributed by atoms with Crippen molar-refractivity contribution >= 4 is 29.4 Å². The fourth-order valence-electron chi connectivity index (χ4n) is 4.46. The van der Waals surface area contributed by atoms with Crippen LogP contribution in [0.2, 0.25) is 5.02 Å². The summed E-state index contributed by atoms with van der Waals surface area (Å²) in [7, 11) is 1.80. The maximum absolute atomic E-state index is 12.7. The van der Waals surface area contributed by atoms with Gasteiger partial charge < -0.3 is 20.4 Å². The monoisotopic (exact) mass is 462 g/mol. The van der Waals surface area contributed by atoms with Gasteiger partial charge in [-0.05, 0) is 49.3 Å². The molecule has 32 heavy (non-hydrogen) atoms. The number of halogens is 1. The van der Waals surface area contributed by atoms with Crippen LogP contribution in [0.1, 0.15) is 50.5 Å². The largest absolute Gasteiger partial charge is 0.346 e. The van der Waals surface area contributed by atoms with E-state index < -0.39 is 0 Å². The maximum atomic E-state index is 12.7. The fourth-order valence-corrected chi connectivity index (χ4v) is 4.59. The Hall–Kier alpha value is -2.28. The molecule has 0 bridgehead atoms. The Bertz CT molecular complexity index is 778. The average Bonchev–Trinajstić information content (AvgIpc) is 2.80.